The lowest BCUT2D eigenvalue weighted by Gasteiger charge is -2.10. The molecule has 1 amide bonds. The Bertz CT molecular complexity index is 1490. The molecule has 0 aromatic heterocycles. The maximum absolute atomic E-state index is 12.9. The smallest absolute Gasteiger partial charge is 0.339 e. The third-order valence-corrected chi connectivity index (χ3v) is 6.45. The molecule has 0 spiro atoms. The lowest BCUT2D eigenvalue weighted by Crippen LogP contribution is -2.18. The molecule has 0 bridgehead atoms. The van der Waals surface area contributed by atoms with Crippen molar-refractivity contribution in [3.05, 3.63) is 106 Å². The largest absolute Gasteiger partial charge is 0.378 e. The van der Waals surface area contributed by atoms with Gasteiger partial charge in [0.2, 0.25) is 0 Å². The fourth-order valence-corrected chi connectivity index (χ4v) is 4.53. The van der Waals surface area contributed by atoms with Gasteiger partial charge in [0.15, 0.2) is 5.75 Å². The maximum atomic E-state index is 12.9. The van der Waals surface area contributed by atoms with Crippen molar-refractivity contribution in [3.8, 4) is 5.75 Å². The number of halogens is 2. The zero-order valence-electron chi connectivity index (χ0n) is 16.9. The lowest BCUT2D eigenvalue weighted by atomic mass is 10.1. The standard InChI is InChI=1S/C24H16Cl2N2O4S/c25-19-10-12-21(22(26)14-19)24(29)28-27-15-18-7-3-4-8-23(18)32-33(30,31)20-11-9-16-5-1-2-6-17(16)13-20/h1-15H,(H,28,29)/b27-15-. The van der Waals surface area contributed by atoms with E-state index in [-0.39, 0.29) is 21.2 Å². The van der Waals surface area contributed by atoms with Gasteiger partial charge in [-0.2, -0.15) is 13.5 Å². The third-order valence-electron chi connectivity index (χ3n) is 4.67. The fourth-order valence-electron chi connectivity index (χ4n) is 3.05. The summed E-state index contributed by atoms with van der Waals surface area (Å²) in [5.41, 5.74) is 2.89. The van der Waals surface area contributed by atoms with Gasteiger partial charge in [0, 0.05) is 10.6 Å². The Morgan fingerprint density at radius 2 is 1.61 bits per heavy atom. The van der Waals surface area contributed by atoms with Gasteiger partial charge in [-0.05, 0) is 53.2 Å². The Kier molecular flexibility index (Phi) is 6.65. The molecule has 4 aromatic carbocycles. The highest BCUT2D eigenvalue weighted by atomic mass is 35.5. The van der Waals surface area contributed by atoms with Crippen LogP contribution in [0.15, 0.2) is 94.9 Å². The summed E-state index contributed by atoms with van der Waals surface area (Å²) in [7, 11) is -4.10. The van der Waals surface area contributed by atoms with Crippen LogP contribution in [-0.2, 0) is 10.1 Å². The number of benzene rings is 4. The van der Waals surface area contributed by atoms with Crippen molar-refractivity contribution in [1.82, 2.24) is 5.43 Å². The predicted molar refractivity (Wildman–Crippen MR) is 130 cm³/mol. The summed E-state index contributed by atoms with van der Waals surface area (Å²) in [6.45, 7) is 0. The minimum atomic E-state index is -4.10. The molecule has 0 aliphatic rings. The molecule has 9 heteroatoms. The summed E-state index contributed by atoms with van der Waals surface area (Å²) >= 11 is 11.9. The molecule has 0 radical (unpaired) electrons. The normalized spacial score (nSPS) is 11.6. The average Bonchev–Trinajstić information content (AvgIpc) is 2.79. The van der Waals surface area contributed by atoms with E-state index in [9.17, 15) is 13.2 Å². The Morgan fingerprint density at radius 1 is 0.879 bits per heavy atom. The monoisotopic (exact) mass is 498 g/mol. The number of nitrogens with one attached hydrogen (secondary N) is 1. The maximum Gasteiger partial charge on any atom is 0.339 e. The summed E-state index contributed by atoms with van der Waals surface area (Å²) < 4.78 is 31.1. The molecule has 33 heavy (non-hydrogen) atoms. The van der Waals surface area contributed by atoms with Crippen LogP contribution in [0.1, 0.15) is 15.9 Å². The molecule has 0 fully saturated rings. The first-order valence-electron chi connectivity index (χ1n) is 9.64. The van der Waals surface area contributed by atoms with Crippen LogP contribution in [0, 0.1) is 0 Å². The Balaban J connectivity index is 1.53. The number of fused-ring (bicyclic) bond motifs is 1. The summed E-state index contributed by atoms with van der Waals surface area (Å²) in [5, 5.41) is 6.17. The van der Waals surface area contributed by atoms with E-state index in [4.69, 9.17) is 27.4 Å². The number of amides is 1. The number of hydrogen-bond acceptors (Lipinski definition) is 5. The Hall–Kier alpha value is -3.39. The second-order valence-electron chi connectivity index (χ2n) is 6.91. The topological polar surface area (TPSA) is 84.8 Å². The minimum Gasteiger partial charge on any atom is -0.378 e. The van der Waals surface area contributed by atoms with Crippen LogP contribution in [0.5, 0.6) is 5.75 Å². The van der Waals surface area contributed by atoms with Gasteiger partial charge in [0.25, 0.3) is 5.91 Å². The number of rotatable bonds is 6. The highest BCUT2D eigenvalue weighted by Crippen LogP contribution is 2.25. The van der Waals surface area contributed by atoms with Gasteiger partial charge in [0.1, 0.15) is 4.90 Å². The molecular weight excluding hydrogens is 483 g/mol. The average molecular weight is 499 g/mol. The fraction of sp³-hybridized carbons (Fsp3) is 0. The van der Waals surface area contributed by atoms with Gasteiger partial charge in [-0.25, -0.2) is 5.43 Å². The molecule has 0 saturated carbocycles. The molecule has 0 aliphatic heterocycles. The molecular formula is C24H16Cl2N2O4S. The third kappa shape index (κ3) is 5.34. The van der Waals surface area contributed by atoms with E-state index < -0.39 is 16.0 Å². The molecule has 4 rings (SSSR count). The first-order valence-corrected chi connectivity index (χ1v) is 11.8. The molecule has 0 unspecified atom stereocenters. The van der Waals surface area contributed by atoms with E-state index in [0.29, 0.717) is 10.6 Å². The molecule has 6 nitrogen and oxygen atoms in total. The van der Waals surface area contributed by atoms with Gasteiger partial charge in [0.05, 0.1) is 16.8 Å². The molecule has 0 atom stereocenters. The van der Waals surface area contributed by atoms with Gasteiger partial charge in [-0.15, -0.1) is 0 Å². The second kappa shape index (κ2) is 9.62. The van der Waals surface area contributed by atoms with Crippen LogP contribution in [-0.4, -0.2) is 20.5 Å². The molecule has 166 valence electrons. The number of carbonyl (C=O) groups is 1. The van der Waals surface area contributed by atoms with Crippen molar-refractivity contribution in [2.75, 3.05) is 0 Å². The highest BCUT2D eigenvalue weighted by Gasteiger charge is 2.18. The van der Waals surface area contributed by atoms with Gasteiger partial charge in [-0.3, -0.25) is 4.79 Å². The van der Waals surface area contributed by atoms with E-state index in [1.54, 1.807) is 30.3 Å². The van der Waals surface area contributed by atoms with Crippen LogP contribution < -0.4 is 9.61 Å². The molecule has 0 aliphatic carbocycles. The van der Waals surface area contributed by atoms with Crippen molar-refractivity contribution in [1.29, 1.82) is 0 Å². The van der Waals surface area contributed by atoms with Crippen molar-refractivity contribution < 1.29 is 17.4 Å². The van der Waals surface area contributed by atoms with Crippen molar-refractivity contribution in [2.24, 2.45) is 5.10 Å². The van der Waals surface area contributed by atoms with Crippen molar-refractivity contribution in [2.45, 2.75) is 4.90 Å². The summed E-state index contributed by atoms with van der Waals surface area (Å²) in [6, 6.07) is 23.1. The van der Waals surface area contributed by atoms with Crippen molar-refractivity contribution >= 4 is 56.2 Å². The van der Waals surface area contributed by atoms with Crippen LogP contribution in [0.4, 0.5) is 0 Å². The van der Waals surface area contributed by atoms with Crippen molar-refractivity contribution in [3.63, 3.8) is 0 Å². The second-order valence-corrected chi connectivity index (χ2v) is 9.30. The van der Waals surface area contributed by atoms with Gasteiger partial charge in [-0.1, -0.05) is 65.7 Å². The van der Waals surface area contributed by atoms with E-state index in [0.717, 1.165) is 10.8 Å². The number of carbonyl (C=O) groups excluding carboxylic acids is 1. The zero-order chi connectivity index (χ0) is 23.4. The summed E-state index contributed by atoms with van der Waals surface area (Å²) in [6.07, 6.45) is 1.28. The SMILES string of the molecule is O=C(N/N=C\c1ccccc1OS(=O)(=O)c1ccc2ccccc2c1)c1ccc(Cl)cc1Cl. The predicted octanol–water partition coefficient (Wildman–Crippen LogP) is 5.68. The van der Waals surface area contributed by atoms with Gasteiger partial charge < -0.3 is 4.18 Å². The number of hydrogen-bond donors (Lipinski definition) is 1. The van der Waals surface area contributed by atoms with E-state index >= 15 is 0 Å². The molecule has 0 heterocycles. The van der Waals surface area contributed by atoms with Crippen LogP contribution in [0.25, 0.3) is 10.8 Å². The lowest BCUT2D eigenvalue weighted by molar-refractivity contribution is 0.0955. The van der Waals surface area contributed by atoms with E-state index in [2.05, 4.69) is 10.5 Å². The van der Waals surface area contributed by atoms with Gasteiger partial charge >= 0.3 is 10.1 Å². The first-order chi connectivity index (χ1) is 15.8. The molecule has 0 saturated heterocycles. The summed E-state index contributed by atoms with van der Waals surface area (Å²) in [5.74, 6) is -0.483. The molecule has 1 N–H and O–H groups in total. The summed E-state index contributed by atoms with van der Waals surface area (Å²) in [4.78, 5) is 12.3. The number of hydrazone groups is 1. The first kappa shape index (κ1) is 22.8. The Morgan fingerprint density at radius 3 is 2.39 bits per heavy atom. The van der Waals surface area contributed by atoms with Crippen LogP contribution in [0.3, 0.4) is 0 Å². The zero-order valence-corrected chi connectivity index (χ0v) is 19.2. The number of nitrogens with zero attached hydrogens (tertiary/aromatic N) is 1. The number of para-hydroxylation sites is 1. The van der Waals surface area contributed by atoms with Crippen LogP contribution in [0.2, 0.25) is 10.0 Å². The Labute approximate surface area is 200 Å². The molecule has 4 aromatic rings. The van der Waals surface area contributed by atoms with E-state index in [1.807, 2.05) is 24.3 Å². The quantitative estimate of drug-likeness (QED) is 0.210. The van der Waals surface area contributed by atoms with E-state index in [1.165, 1.54) is 36.5 Å². The van der Waals surface area contributed by atoms with Crippen LogP contribution >= 0.6 is 23.2 Å². The highest BCUT2D eigenvalue weighted by molar-refractivity contribution is 7.87. The minimum absolute atomic E-state index is 0.0265.